The smallest absolute Gasteiger partial charge is 0.259 e. The number of thiophene rings is 1. The number of hydrogen-bond donors (Lipinski definition) is 1. The number of nitrogens with one attached hydrogen (secondary N) is 1. The second kappa shape index (κ2) is 6.94. The Kier molecular flexibility index (Phi) is 4.70. The van der Waals surface area contributed by atoms with Crippen molar-refractivity contribution in [3.63, 3.8) is 0 Å². The molecular weight excluding hydrogens is 320 g/mol. The summed E-state index contributed by atoms with van der Waals surface area (Å²) in [5.41, 5.74) is 1.35. The van der Waals surface area contributed by atoms with Crippen LogP contribution < -0.4 is 5.56 Å². The number of rotatable bonds is 3. The Morgan fingerprint density at radius 1 is 1.08 bits per heavy atom. The van der Waals surface area contributed by atoms with Crippen LogP contribution in [0.15, 0.2) is 4.79 Å². The van der Waals surface area contributed by atoms with Gasteiger partial charge in [-0.15, -0.1) is 11.3 Å². The van der Waals surface area contributed by atoms with Crippen molar-refractivity contribution in [1.82, 2.24) is 19.8 Å². The van der Waals surface area contributed by atoms with Crippen molar-refractivity contribution in [3.05, 3.63) is 26.6 Å². The Bertz CT molecular complexity index is 773. The topological polar surface area (TPSA) is 52.2 Å². The zero-order valence-electron chi connectivity index (χ0n) is 14.4. The summed E-state index contributed by atoms with van der Waals surface area (Å²) in [5, 5.41) is 0.872. The molecule has 2 aromatic rings. The van der Waals surface area contributed by atoms with Crippen molar-refractivity contribution in [3.8, 4) is 0 Å². The van der Waals surface area contributed by atoms with Crippen molar-refractivity contribution in [2.45, 2.75) is 45.6 Å². The predicted octanol–water partition coefficient (Wildman–Crippen LogP) is 2.39. The molecule has 0 radical (unpaired) electrons. The third kappa shape index (κ3) is 3.15. The van der Waals surface area contributed by atoms with Crippen molar-refractivity contribution < 1.29 is 0 Å². The van der Waals surface area contributed by atoms with Gasteiger partial charge >= 0.3 is 0 Å². The molecule has 1 saturated heterocycles. The van der Waals surface area contributed by atoms with Gasteiger partial charge in [0.2, 0.25) is 0 Å². The summed E-state index contributed by atoms with van der Waals surface area (Å²) in [7, 11) is 0. The minimum atomic E-state index is 0.0709. The van der Waals surface area contributed by atoms with E-state index in [4.69, 9.17) is 4.98 Å². The molecule has 1 fully saturated rings. The quantitative estimate of drug-likeness (QED) is 0.867. The van der Waals surface area contributed by atoms with E-state index >= 15 is 0 Å². The highest BCUT2D eigenvalue weighted by atomic mass is 32.1. The first-order chi connectivity index (χ1) is 11.7. The summed E-state index contributed by atoms with van der Waals surface area (Å²) in [6, 6.07) is 0. The highest BCUT2D eigenvalue weighted by molar-refractivity contribution is 7.18. The summed E-state index contributed by atoms with van der Waals surface area (Å²) < 4.78 is 0. The summed E-state index contributed by atoms with van der Waals surface area (Å²) in [5.74, 6) is 0.828. The highest BCUT2D eigenvalue weighted by Crippen LogP contribution is 2.32. The lowest BCUT2D eigenvalue weighted by molar-refractivity contribution is 0.129. The number of aryl methyl sites for hydroxylation is 2. The molecule has 130 valence electrons. The fourth-order valence-electron chi connectivity index (χ4n) is 3.94. The Hall–Kier alpha value is -1.24. The van der Waals surface area contributed by atoms with Gasteiger partial charge in [0.1, 0.15) is 10.7 Å². The minimum absolute atomic E-state index is 0.0709. The van der Waals surface area contributed by atoms with E-state index in [1.54, 1.807) is 11.3 Å². The summed E-state index contributed by atoms with van der Waals surface area (Å²) in [4.78, 5) is 27.8. The van der Waals surface area contributed by atoms with Gasteiger partial charge in [0.15, 0.2) is 0 Å². The van der Waals surface area contributed by atoms with E-state index in [9.17, 15) is 4.79 Å². The highest BCUT2D eigenvalue weighted by Gasteiger charge is 2.20. The number of fused-ring (bicyclic) bond motifs is 3. The number of aromatic nitrogens is 2. The largest absolute Gasteiger partial charge is 0.309 e. The van der Waals surface area contributed by atoms with E-state index in [0.29, 0.717) is 0 Å². The van der Waals surface area contributed by atoms with Gasteiger partial charge < -0.3 is 9.88 Å². The number of H-pyrrole nitrogens is 1. The number of hydrogen-bond acceptors (Lipinski definition) is 5. The second-order valence-electron chi connectivity index (χ2n) is 6.97. The maximum atomic E-state index is 12.7. The molecule has 0 amide bonds. The Balaban J connectivity index is 1.58. The molecule has 6 heteroatoms. The Labute approximate surface area is 146 Å². The van der Waals surface area contributed by atoms with Gasteiger partial charge in [-0.3, -0.25) is 9.69 Å². The Morgan fingerprint density at radius 3 is 2.62 bits per heavy atom. The van der Waals surface area contributed by atoms with Gasteiger partial charge in [-0.05, 0) is 37.8 Å². The van der Waals surface area contributed by atoms with Gasteiger partial charge in [-0.25, -0.2) is 4.98 Å². The average Bonchev–Trinajstić information content (AvgIpc) is 2.78. The number of likely N-dealkylation sites (N-methyl/N-ethyl adjacent to an activating group) is 1. The molecule has 2 aromatic heterocycles. The van der Waals surface area contributed by atoms with Crippen LogP contribution in [0, 0.1) is 0 Å². The average molecular weight is 347 g/mol. The minimum Gasteiger partial charge on any atom is -0.309 e. The molecule has 0 aromatic carbocycles. The van der Waals surface area contributed by atoms with E-state index in [1.807, 2.05) is 0 Å². The third-order valence-corrected chi connectivity index (χ3v) is 6.60. The summed E-state index contributed by atoms with van der Waals surface area (Å²) in [6.07, 6.45) is 5.87. The fraction of sp³-hybridized carbons (Fsp3) is 0.667. The third-order valence-electron chi connectivity index (χ3n) is 5.41. The van der Waals surface area contributed by atoms with Gasteiger partial charge in [-0.1, -0.05) is 13.3 Å². The van der Waals surface area contributed by atoms with E-state index < -0.39 is 0 Å². The van der Waals surface area contributed by atoms with Crippen LogP contribution in [0.3, 0.4) is 0 Å². The van der Waals surface area contributed by atoms with Crippen LogP contribution in [0.2, 0.25) is 0 Å². The molecule has 1 N–H and O–H groups in total. The first-order valence-electron chi connectivity index (χ1n) is 9.22. The van der Waals surface area contributed by atoms with E-state index in [2.05, 4.69) is 21.7 Å². The molecule has 2 aliphatic rings. The molecule has 5 nitrogen and oxygen atoms in total. The maximum absolute atomic E-state index is 12.7. The maximum Gasteiger partial charge on any atom is 0.259 e. The summed E-state index contributed by atoms with van der Waals surface area (Å²) in [6.45, 7) is 8.41. The lowest BCUT2D eigenvalue weighted by Gasteiger charge is -2.33. The van der Waals surface area contributed by atoms with Crippen LogP contribution >= 0.6 is 11.3 Å². The molecular formula is C18H26N4OS. The molecule has 0 saturated carbocycles. The Morgan fingerprint density at radius 2 is 1.83 bits per heavy atom. The molecule has 1 aliphatic heterocycles. The fourth-order valence-corrected chi connectivity index (χ4v) is 5.22. The van der Waals surface area contributed by atoms with Gasteiger partial charge in [0, 0.05) is 31.1 Å². The molecule has 24 heavy (non-hydrogen) atoms. The zero-order valence-corrected chi connectivity index (χ0v) is 15.3. The molecule has 0 bridgehead atoms. The number of aromatic amines is 1. The van der Waals surface area contributed by atoms with E-state index in [0.717, 1.165) is 68.2 Å². The van der Waals surface area contributed by atoms with Crippen LogP contribution in [0.1, 0.15) is 42.5 Å². The molecule has 0 atom stereocenters. The molecule has 0 spiro atoms. The number of piperazine rings is 1. The van der Waals surface area contributed by atoms with Crippen LogP contribution in [0.25, 0.3) is 10.2 Å². The normalized spacial score (nSPS) is 20.2. The second-order valence-corrected chi connectivity index (χ2v) is 8.05. The van der Waals surface area contributed by atoms with Gasteiger partial charge in [-0.2, -0.15) is 0 Å². The first-order valence-corrected chi connectivity index (χ1v) is 10.0. The zero-order chi connectivity index (χ0) is 16.5. The SMILES string of the molecule is CCN1CCN(Cc2nc3sc4c(c3c(=O)[nH]2)CCCCC4)CC1. The first kappa shape index (κ1) is 16.2. The molecule has 4 rings (SSSR count). The van der Waals surface area contributed by atoms with Crippen LogP contribution in [0.5, 0.6) is 0 Å². The van der Waals surface area contributed by atoms with E-state index in [1.165, 1.54) is 29.7 Å². The number of nitrogens with zero attached hydrogens (tertiary/aromatic N) is 3. The molecule has 0 unspecified atom stereocenters. The van der Waals surface area contributed by atoms with Crippen molar-refractivity contribution in [2.75, 3.05) is 32.7 Å². The van der Waals surface area contributed by atoms with Gasteiger partial charge in [0.25, 0.3) is 5.56 Å². The van der Waals surface area contributed by atoms with Crippen molar-refractivity contribution >= 4 is 21.6 Å². The van der Waals surface area contributed by atoms with Gasteiger partial charge in [0.05, 0.1) is 11.9 Å². The van der Waals surface area contributed by atoms with E-state index in [-0.39, 0.29) is 5.56 Å². The lowest BCUT2D eigenvalue weighted by Crippen LogP contribution is -2.45. The van der Waals surface area contributed by atoms with Crippen molar-refractivity contribution in [1.29, 1.82) is 0 Å². The molecule has 1 aliphatic carbocycles. The van der Waals surface area contributed by atoms with Crippen LogP contribution in [-0.4, -0.2) is 52.5 Å². The molecule has 3 heterocycles. The van der Waals surface area contributed by atoms with Crippen molar-refractivity contribution in [2.24, 2.45) is 0 Å². The predicted molar refractivity (Wildman–Crippen MR) is 98.9 cm³/mol. The van der Waals surface area contributed by atoms with Crippen LogP contribution in [0.4, 0.5) is 0 Å². The summed E-state index contributed by atoms with van der Waals surface area (Å²) >= 11 is 1.75. The monoisotopic (exact) mass is 346 g/mol. The van der Waals surface area contributed by atoms with Crippen LogP contribution in [-0.2, 0) is 19.4 Å². The standard InChI is InChI=1S/C18H26N4OS/c1-2-21-8-10-22(11-9-21)12-15-19-17(23)16-13-6-4-3-5-7-14(13)24-18(16)20-15/h2-12H2,1H3,(H,19,20,23). The lowest BCUT2D eigenvalue weighted by atomic mass is 10.1.